The number of ether oxygens (including phenoxy) is 8. The SMILES string of the molecule is CC1(C)O[C@@H]2[C@H](O1)[C@H]1OC(C)(C)O[C@H]1O[C@@H]2[C@H](O)[C@H]1[C@@H](O)[C@H]2CO[C@H](O2)[C@@H]1OCc1ccccc1. The molecule has 6 rings (SSSR count). The molecule has 5 saturated heterocycles. The molecule has 2 N–H and O–H groups in total. The number of benzene rings is 1. The van der Waals surface area contributed by atoms with Gasteiger partial charge in [-0.2, -0.15) is 0 Å². The van der Waals surface area contributed by atoms with Crippen LogP contribution in [0.15, 0.2) is 30.3 Å². The Morgan fingerprint density at radius 3 is 2.37 bits per heavy atom. The molecular weight excluding hydrogens is 460 g/mol. The third kappa shape index (κ3) is 4.33. The number of aliphatic hydroxyl groups is 2. The lowest BCUT2D eigenvalue weighted by atomic mass is 9.80. The summed E-state index contributed by atoms with van der Waals surface area (Å²) in [6.45, 7) is 7.74. The molecular formula is C25H34O10. The first-order valence-electron chi connectivity index (χ1n) is 12.3. The monoisotopic (exact) mass is 494 g/mol. The van der Waals surface area contributed by atoms with E-state index in [0.717, 1.165) is 5.56 Å². The third-order valence-electron chi connectivity index (χ3n) is 7.36. The maximum absolute atomic E-state index is 11.8. The zero-order valence-corrected chi connectivity index (χ0v) is 20.3. The van der Waals surface area contributed by atoms with Crippen molar-refractivity contribution in [3.05, 3.63) is 35.9 Å². The predicted octanol–water partition coefficient (Wildman–Crippen LogP) is 1.06. The molecule has 1 aromatic carbocycles. The molecule has 5 aliphatic rings. The number of fused-ring (bicyclic) bond motifs is 5. The summed E-state index contributed by atoms with van der Waals surface area (Å²) in [4.78, 5) is 0. The Morgan fingerprint density at radius 1 is 0.914 bits per heavy atom. The van der Waals surface area contributed by atoms with Gasteiger partial charge in [-0.3, -0.25) is 0 Å². The lowest BCUT2D eigenvalue weighted by Crippen LogP contribution is -2.64. The van der Waals surface area contributed by atoms with E-state index in [1.807, 2.05) is 44.2 Å². The van der Waals surface area contributed by atoms with Crippen molar-refractivity contribution in [1.29, 1.82) is 0 Å². The van der Waals surface area contributed by atoms with Crippen LogP contribution in [0.4, 0.5) is 0 Å². The van der Waals surface area contributed by atoms with Gasteiger partial charge in [0.05, 0.1) is 25.4 Å². The first kappa shape index (κ1) is 24.2. The molecule has 0 unspecified atom stereocenters. The summed E-state index contributed by atoms with van der Waals surface area (Å²) < 4.78 is 48.5. The van der Waals surface area contributed by atoms with Gasteiger partial charge in [-0.15, -0.1) is 0 Å². The lowest BCUT2D eigenvalue weighted by Gasteiger charge is -2.46. The quantitative estimate of drug-likeness (QED) is 0.616. The second kappa shape index (κ2) is 8.70. The molecule has 0 aliphatic carbocycles. The predicted molar refractivity (Wildman–Crippen MR) is 118 cm³/mol. The maximum Gasteiger partial charge on any atom is 0.190 e. The standard InChI is InChI=1S/C25H34O10/c1-24(2)32-19-18(31-23-21(20(19)33-24)34-25(3,4)35-23)16(27)14-15(26)13-11-29-22(30-13)17(14)28-10-12-8-6-5-7-9-12/h5-9,13-23,26-27H,10-11H2,1-4H3/t13-,14-,15+,16-,17-,18-,19+,20+,21-,22-,23-/m1/s1. The second-order valence-electron chi connectivity index (χ2n) is 10.8. The van der Waals surface area contributed by atoms with Crippen LogP contribution >= 0.6 is 0 Å². The largest absolute Gasteiger partial charge is 0.390 e. The minimum Gasteiger partial charge on any atom is -0.390 e. The van der Waals surface area contributed by atoms with Crippen LogP contribution in [0.2, 0.25) is 0 Å². The topological polar surface area (TPSA) is 114 Å². The minimum atomic E-state index is -1.18. The highest BCUT2D eigenvalue weighted by molar-refractivity contribution is 5.14. The summed E-state index contributed by atoms with van der Waals surface area (Å²) in [6.07, 6.45) is -7.49. The molecule has 2 bridgehead atoms. The molecule has 0 amide bonds. The molecule has 0 spiro atoms. The molecule has 0 saturated carbocycles. The van der Waals surface area contributed by atoms with Crippen molar-refractivity contribution in [2.75, 3.05) is 6.61 Å². The fourth-order valence-electron chi connectivity index (χ4n) is 5.90. The van der Waals surface area contributed by atoms with Crippen molar-refractivity contribution in [2.45, 2.75) is 107 Å². The van der Waals surface area contributed by atoms with Gasteiger partial charge in [0.2, 0.25) is 0 Å². The van der Waals surface area contributed by atoms with Crippen LogP contribution in [0.25, 0.3) is 0 Å². The molecule has 5 fully saturated rings. The normalized spacial score (nSPS) is 46.2. The van der Waals surface area contributed by atoms with E-state index in [2.05, 4.69) is 0 Å². The zero-order chi connectivity index (χ0) is 24.5. The first-order valence-corrected chi connectivity index (χ1v) is 12.3. The molecule has 0 radical (unpaired) electrons. The average Bonchev–Trinajstić information content (AvgIpc) is 3.47. The van der Waals surface area contributed by atoms with Gasteiger partial charge in [-0.05, 0) is 33.3 Å². The van der Waals surface area contributed by atoms with Crippen molar-refractivity contribution in [1.82, 2.24) is 0 Å². The van der Waals surface area contributed by atoms with Gasteiger partial charge >= 0.3 is 0 Å². The summed E-state index contributed by atoms with van der Waals surface area (Å²) in [5.74, 6) is -2.53. The van der Waals surface area contributed by atoms with Crippen molar-refractivity contribution >= 4 is 0 Å². The van der Waals surface area contributed by atoms with E-state index in [1.54, 1.807) is 13.8 Å². The van der Waals surface area contributed by atoms with Crippen LogP contribution < -0.4 is 0 Å². The minimum absolute atomic E-state index is 0.223. The van der Waals surface area contributed by atoms with E-state index in [-0.39, 0.29) is 13.2 Å². The summed E-state index contributed by atoms with van der Waals surface area (Å²) in [5, 5.41) is 23.0. The molecule has 10 heteroatoms. The molecule has 194 valence electrons. The molecule has 0 aromatic heterocycles. The van der Waals surface area contributed by atoms with Gasteiger partial charge in [0.25, 0.3) is 0 Å². The Hall–Kier alpha value is -1.18. The van der Waals surface area contributed by atoms with Gasteiger partial charge in [-0.1, -0.05) is 30.3 Å². The fraction of sp³-hybridized carbons (Fsp3) is 0.760. The highest BCUT2D eigenvalue weighted by atomic mass is 16.9. The van der Waals surface area contributed by atoms with Crippen LogP contribution in [-0.4, -0.2) is 89.8 Å². The van der Waals surface area contributed by atoms with Crippen molar-refractivity contribution < 1.29 is 48.1 Å². The third-order valence-corrected chi connectivity index (χ3v) is 7.36. The van der Waals surface area contributed by atoms with E-state index in [4.69, 9.17) is 37.9 Å². The lowest BCUT2D eigenvalue weighted by molar-refractivity contribution is -0.288. The van der Waals surface area contributed by atoms with E-state index >= 15 is 0 Å². The van der Waals surface area contributed by atoms with E-state index in [1.165, 1.54) is 0 Å². The number of hydrogen-bond donors (Lipinski definition) is 2. The maximum atomic E-state index is 11.8. The Labute approximate surface area is 204 Å². The van der Waals surface area contributed by atoms with E-state index in [0.29, 0.717) is 0 Å². The van der Waals surface area contributed by atoms with Crippen LogP contribution in [0.5, 0.6) is 0 Å². The van der Waals surface area contributed by atoms with Crippen molar-refractivity contribution in [3.8, 4) is 0 Å². The van der Waals surface area contributed by atoms with E-state index in [9.17, 15) is 10.2 Å². The first-order chi connectivity index (χ1) is 16.6. The summed E-state index contributed by atoms with van der Waals surface area (Å²) in [5.41, 5.74) is 0.959. The molecule has 11 atom stereocenters. The van der Waals surface area contributed by atoms with Crippen LogP contribution in [0.1, 0.15) is 33.3 Å². The van der Waals surface area contributed by atoms with Gasteiger partial charge in [0.15, 0.2) is 24.2 Å². The van der Waals surface area contributed by atoms with Gasteiger partial charge < -0.3 is 48.1 Å². The number of aliphatic hydroxyl groups excluding tert-OH is 2. The highest BCUT2D eigenvalue weighted by Crippen LogP contribution is 2.47. The van der Waals surface area contributed by atoms with Crippen LogP contribution in [0.3, 0.4) is 0 Å². The fourth-order valence-corrected chi connectivity index (χ4v) is 5.90. The zero-order valence-electron chi connectivity index (χ0n) is 20.3. The average molecular weight is 495 g/mol. The van der Waals surface area contributed by atoms with Crippen molar-refractivity contribution in [2.24, 2.45) is 5.92 Å². The number of hydrogen-bond acceptors (Lipinski definition) is 10. The van der Waals surface area contributed by atoms with Gasteiger partial charge in [0, 0.05) is 5.92 Å². The molecule has 5 aliphatic heterocycles. The van der Waals surface area contributed by atoms with Gasteiger partial charge in [0.1, 0.15) is 36.6 Å². The molecule has 5 heterocycles. The summed E-state index contributed by atoms with van der Waals surface area (Å²) in [7, 11) is 0. The Kier molecular flexibility index (Phi) is 6.01. The number of rotatable bonds is 5. The summed E-state index contributed by atoms with van der Waals surface area (Å²) >= 11 is 0. The molecule has 35 heavy (non-hydrogen) atoms. The Morgan fingerprint density at radius 2 is 1.60 bits per heavy atom. The van der Waals surface area contributed by atoms with Crippen LogP contribution in [-0.2, 0) is 44.5 Å². The summed E-state index contributed by atoms with van der Waals surface area (Å²) in [6, 6.07) is 9.68. The van der Waals surface area contributed by atoms with Crippen LogP contribution in [0, 0.1) is 5.92 Å². The molecule has 10 nitrogen and oxygen atoms in total. The van der Waals surface area contributed by atoms with Gasteiger partial charge in [-0.25, -0.2) is 0 Å². The Balaban J connectivity index is 1.28. The smallest absolute Gasteiger partial charge is 0.190 e. The van der Waals surface area contributed by atoms with Crippen molar-refractivity contribution in [3.63, 3.8) is 0 Å². The highest BCUT2D eigenvalue weighted by Gasteiger charge is 2.64. The second-order valence-corrected chi connectivity index (χ2v) is 10.8. The Bertz CT molecular complexity index is 909. The van der Waals surface area contributed by atoms with E-state index < -0.39 is 78.9 Å². The molecule has 1 aromatic rings.